The maximum Gasteiger partial charge on any atom is 0.417 e. The lowest BCUT2D eigenvalue weighted by molar-refractivity contribution is -0.137. The van der Waals surface area contributed by atoms with Crippen molar-refractivity contribution in [1.29, 1.82) is 0 Å². The second kappa shape index (κ2) is 6.92. The molecule has 0 radical (unpaired) electrons. The molecule has 128 valence electrons. The highest BCUT2D eigenvalue weighted by Crippen LogP contribution is 2.34. The van der Waals surface area contributed by atoms with E-state index >= 15 is 0 Å². The Balaban J connectivity index is 2.03. The minimum atomic E-state index is -4.48. The zero-order valence-electron chi connectivity index (χ0n) is 12.5. The van der Waals surface area contributed by atoms with Crippen LogP contribution in [-0.2, 0) is 11.0 Å². The molecule has 2 atom stereocenters. The molecule has 1 fully saturated rings. The minimum Gasteiger partial charge on any atom is -0.353 e. The van der Waals surface area contributed by atoms with Crippen LogP contribution in [0.15, 0.2) is 12.3 Å². The fourth-order valence-corrected chi connectivity index (χ4v) is 2.63. The molecule has 1 aliphatic rings. The maximum absolute atomic E-state index is 12.6. The molecule has 2 heterocycles. The summed E-state index contributed by atoms with van der Waals surface area (Å²) in [5.74, 6) is -0.119. The first-order valence-corrected chi connectivity index (χ1v) is 7.58. The number of nitrogens with zero attached hydrogens (tertiary/aromatic N) is 2. The summed E-state index contributed by atoms with van der Waals surface area (Å²) in [6, 6.07) is 0.767. The summed E-state index contributed by atoms with van der Waals surface area (Å²) in [6.07, 6.45) is -3.04. The van der Waals surface area contributed by atoms with Crippen LogP contribution in [0.3, 0.4) is 0 Å². The SMILES string of the molecule is CC(CN)C(=O)NC1CCN(c2ncc(C(F)(F)F)cc2Cl)C1. The number of carbonyl (C=O) groups excluding carboxylic acids is 1. The summed E-state index contributed by atoms with van der Waals surface area (Å²) in [5.41, 5.74) is 4.56. The van der Waals surface area contributed by atoms with Gasteiger partial charge in [0.1, 0.15) is 5.82 Å². The van der Waals surface area contributed by atoms with Gasteiger partial charge in [0.2, 0.25) is 5.91 Å². The van der Waals surface area contributed by atoms with Gasteiger partial charge < -0.3 is 16.0 Å². The molecule has 0 saturated carbocycles. The van der Waals surface area contributed by atoms with Crippen molar-refractivity contribution in [1.82, 2.24) is 10.3 Å². The average Bonchev–Trinajstić information content (AvgIpc) is 2.93. The summed E-state index contributed by atoms with van der Waals surface area (Å²) in [6.45, 7) is 2.99. The van der Waals surface area contributed by atoms with E-state index in [0.717, 1.165) is 12.3 Å². The van der Waals surface area contributed by atoms with Crippen molar-refractivity contribution < 1.29 is 18.0 Å². The smallest absolute Gasteiger partial charge is 0.353 e. The van der Waals surface area contributed by atoms with Gasteiger partial charge >= 0.3 is 6.18 Å². The van der Waals surface area contributed by atoms with Crippen molar-refractivity contribution in [3.05, 3.63) is 22.8 Å². The fraction of sp³-hybridized carbons (Fsp3) is 0.571. The summed E-state index contributed by atoms with van der Waals surface area (Å²) in [5, 5.41) is 2.82. The highest BCUT2D eigenvalue weighted by Gasteiger charge is 2.33. The number of alkyl halides is 3. The summed E-state index contributed by atoms with van der Waals surface area (Å²) in [7, 11) is 0. The van der Waals surface area contributed by atoms with Crippen LogP contribution in [0, 0.1) is 5.92 Å². The van der Waals surface area contributed by atoms with Crippen molar-refractivity contribution in [3.8, 4) is 0 Å². The number of hydrogen-bond donors (Lipinski definition) is 2. The van der Waals surface area contributed by atoms with Gasteiger partial charge in [0.15, 0.2) is 0 Å². The number of pyridine rings is 1. The van der Waals surface area contributed by atoms with Gasteiger partial charge in [-0.1, -0.05) is 18.5 Å². The first-order valence-electron chi connectivity index (χ1n) is 7.20. The predicted molar refractivity (Wildman–Crippen MR) is 81.2 cm³/mol. The first-order chi connectivity index (χ1) is 10.7. The molecule has 0 spiro atoms. The monoisotopic (exact) mass is 350 g/mol. The molecule has 0 aromatic carbocycles. The van der Waals surface area contributed by atoms with E-state index in [1.54, 1.807) is 11.8 Å². The normalized spacial score (nSPS) is 19.7. The molecule has 5 nitrogen and oxygen atoms in total. The van der Waals surface area contributed by atoms with E-state index in [9.17, 15) is 18.0 Å². The first kappa shape index (κ1) is 17.8. The number of hydrogen-bond acceptors (Lipinski definition) is 4. The van der Waals surface area contributed by atoms with Crippen LogP contribution in [0.4, 0.5) is 19.0 Å². The molecule has 2 rings (SSSR count). The lowest BCUT2D eigenvalue weighted by Crippen LogP contribution is -2.41. The second-order valence-electron chi connectivity index (χ2n) is 5.60. The molecule has 0 aliphatic carbocycles. The Bertz CT molecular complexity index is 582. The van der Waals surface area contributed by atoms with Crippen LogP contribution in [0.5, 0.6) is 0 Å². The fourth-order valence-electron chi connectivity index (χ4n) is 2.34. The largest absolute Gasteiger partial charge is 0.417 e. The van der Waals surface area contributed by atoms with Gasteiger partial charge in [0.05, 0.1) is 10.6 Å². The molecule has 1 amide bonds. The highest BCUT2D eigenvalue weighted by molar-refractivity contribution is 6.33. The number of carbonyl (C=O) groups is 1. The molecule has 2 unspecified atom stereocenters. The van der Waals surface area contributed by atoms with E-state index in [-0.39, 0.29) is 29.4 Å². The van der Waals surface area contributed by atoms with Gasteiger partial charge in [-0.05, 0) is 12.5 Å². The summed E-state index contributed by atoms with van der Waals surface area (Å²) in [4.78, 5) is 17.4. The summed E-state index contributed by atoms with van der Waals surface area (Å²) < 4.78 is 37.9. The summed E-state index contributed by atoms with van der Waals surface area (Å²) >= 11 is 5.93. The Hall–Kier alpha value is -1.54. The van der Waals surface area contributed by atoms with Crippen LogP contribution in [-0.4, -0.2) is 36.6 Å². The minimum absolute atomic E-state index is 0.0536. The standard InChI is InChI=1S/C14H18ClF3N4O/c1-8(5-19)13(23)21-10-2-3-22(7-10)12-11(15)4-9(6-20-12)14(16,17)18/h4,6,8,10H,2-3,5,7,19H2,1H3,(H,21,23). The second-order valence-corrected chi connectivity index (χ2v) is 6.01. The van der Waals surface area contributed by atoms with Gasteiger partial charge in [-0.3, -0.25) is 4.79 Å². The molecular weight excluding hydrogens is 333 g/mol. The third-order valence-electron chi connectivity index (χ3n) is 3.78. The Labute approximate surface area is 137 Å². The average molecular weight is 351 g/mol. The zero-order valence-corrected chi connectivity index (χ0v) is 13.3. The van der Waals surface area contributed by atoms with Gasteiger partial charge in [-0.2, -0.15) is 13.2 Å². The maximum atomic E-state index is 12.6. The molecule has 9 heteroatoms. The molecular formula is C14H18ClF3N4O. The number of rotatable bonds is 4. The van der Waals surface area contributed by atoms with Crippen molar-refractivity contribution in [2.24, 2.45) is 11.7 Å². The van der Waals surface area contributed by atoms with E-state index < -0.39 is 11.7 Å². The van der Waals surface area contributed by atoms with Gasteiger partial charge in [0, 0.05) is 37.8 Å². The Morgan fingerprint density at radius 2 is 2.30 bits per heavy atom. The number of aromatic nitrogens is 1. The lowest BCUT2D eigenvalue weighted by Gasteiger charge is -2.20. The van der Waals surface area contributed by atoms with Crippen LogP contribution in [0.2, 0.25) is 5.02 Å². The number of nitrogens with one attached hydrogen (secondary N) is 1. The third kappa shape index (κ3) is 4.26. The molecule has 23 heavy (non-hydrogen) atoms. The molecule has 1 aliphatic heterocycles. The number of amides is 1. The van der Waals surface area contributed by atoms with Gasteiger partial charge in [0.25, 0.3) is 0 Å². The molecule has 1 aromatic heterocycles. The zero-order chi connectivity index (χ0) is 17.2. The van der Waals surface area contributed by atoms with Crippen LogP contribution in [0.1, 0.15) is 18.9 Å². The molecule has 0 bridgehead atoms. The van der Waals surface area contributed by atoms with E-state index in [2.05, 4.69) is 10.3 Å². The van der Waals surface area contributed by atoms with E-state index in [4.69, 9.17) is 17.3 Å². The number of nitrogens with two attached hydrogens (primary N) is 1. The topological polar surface area (TPSA) is 71.2 Å². The van der Waals surface area contributed by atoms with Crippen LogP contribution < -0.4 is 16.0 Å². The molecule has 1 aromatic rings. The molecule has 3 N–H and O–H groups in total. The van der Waals surface area contributed by atoms with Crippen molar-refractivity contribution >= 4 is 23.3 Å². The number of anilines is 1. The van der Waals surface area contributed by atoms with Crippen molar-refractivity contribution in [2.75, 3.05) is 24.5 Å². The van der Waals surface area contributed by atoms with Crippen LogP contribution in [0.25, 0.3) is 0 Å². The highest BCUT2D eigenvalue weighted by atomic mass is 35.5. The van der Waals surface area contributed by atoms with Gasteiger partial charge in [-0.25, -0.2) is 4.98 Å². The third-order valence-corrected chi connectivity index (χ3v) is 4.06. The van der Waals surface area contributed by atoms with Crippen molar-refractivity contribution in [3.63, 3.8) is 0 Å². The quantitative estimate of drug-likeness (QED) is 0.871. The van der Waals surface area contributed by atoms with Gasteiger partial charge in [-0.15, -0.1) is 0 Å². The van der Waals surface area contributed by atoms with E-state index in [1.165, 1.54) is 0 Å². The molecule has 1 saturated heterocycles. The predicted octanol–water partition coefficient (Wildman–Crippen LogP) is 2.04. The van der Waals surface area contributed by atoms with E-state index in [1.807, 2.05) is 0 Å². The Kier molecular flexibility index (Phi) is 5.36. The Morgan fingerprint density at radius 1 is 1.61 bits per heavy atom. The lowest BCUT2D eigenvalue weighted by atomic mass is 10.1. The van der Waals surface area contributed by atoms with Crippen molar-refractivity contribution in [2.45, 2.75) is 25.6 Å². The Morgan fingerprint density at radius 3 is 2.87 bits per heavy atom. The van der Waals surface area contributed by atoms with E-state index in [0.29, 0.717) is 25.3 Å². The van der Waals surface area contributed by atoms with Crippen LogP contribution >= 0.6 is 11.6 Å². The number of halogens is 4.